The number of carbonyl (C=O) groups excluding carboxylic acids is 1. The summed E-state index contributed by atoms with van der Waals surface area (Å²) in [4.78, 5) is 16.4. The predicted octanol–water partition coefficient (Wildman–Crippen LogP) is 3.00. The largest absolute Gasteiger partial charge is 0.497 e. The average Bonchev–Trinajstić information content (AvgIpc) is 3.20. The first-order valence-electron chi connectivity index (χ1n) is 8.55. The van der Waals surface area contributed by atoms with Crippen LogP contribution >= 0.6 is 0 Å². The van der Waals surface area contributed by atoms with E-state index in [0.717, 1.165) is 22.6 Å². The monoisotopic (exact) mass is 367 g/mol. The van der Waals surface area contributed by atoms with Gasteiger partial charge in [-0.3, -0.25) is 4.79 Å². The summed E-state index contributed by atoms with van der Waals surface area (Å²) in [7, 11) is 3.22. The summed E-state index contributed by atoms with van der Waals surface area (Å²) in [6.45, 7) is 0.407. The van der Waals surface area contributed by atoms with Gasteiger partial charge in [0.15, 0.2) is 0 Å². The Morgan fingerprint density at radius 3 is 2.59 bits per heavy atom. The van der Waals surface area contributed by atoms with E-state index in [-0.39, 0.29) is 12.3 Å². The van der Waals surface area contributed by atoms with E-state index in [2.05, 4.69) is 15.5 Å². The smallest absolute Gasteiger partial charge is 0.227 e. The van der Waals surface area contributed by atoms with Gasteiger partial charge >= 0.3 is 0 Å². The number of methoxy groups -OCH3 is 2. The molecule has 0 spiro atoms. The molecule has 0 bridgehead atoms. The molecule has 0 aliphatic heterocycles. The van der Waals surface area contributed by atoms with Crippen LogP contribution in [0.25, 0.3) is 11.4 Å². The Morgan fingerprint density at radius 1 is 1.07 bits per heavy atom. The van der Waals surface area contributed by atoms with Crippen LogP contribution in [-0.4, -0.2) is 30.3 Å². The highest BCUT2D eigenvalue weighted by atomic mass is 16.5. The second-order valence-corrected chi connectivity index (χ2v) is 5.83. The quantitative estimate of drug-likeness (QED) is 0.659. The molecule has 0 fully saturated rings. The van der Waals surface area contributed by atoms with Crippen molar-refractivity contribution in [1.82, 2.24) is 15.5 Å². The second kappa shape index (κ2) is 8.84. The van der Waals surface area contributed by atoms with E-state index in [9.17, 15) is 4.79 Å². The minimum Gasteiger partial charge on any atom is -0.497 e. The lowest BCUT2D eigenvalue weighted by Crippen LogP contribution is -2.23. The van der Waals surface area contributed by atoms with Crippen LogP contribution in [-0.2, 0) is 17.8 Å². The lowest BCUT2D eigenvalue weighted by molar-refractivity contribution is -0.121. The van der Waals surface area contributed by atoms with E-state index < -0.39 is 0 Å². The predicted molar refractivity (Wildman–Crippen MR) is 99.4 cm³/mol. The van der Waals surface area contributed by atoms with Gasteiger partial charge in [0.2, 0.25) is 17.6 Å². The summed E-state index contributed by atoms with van der Waals surface area (Å²) in [5.41, 5.74) is 1.75. The van der Waals surface area contributed by atoms with Crippen LogP contribution in [0.2, 0.25) is 0 Å². The zero-order valence-corrected chi connectivity index (χ0v) is 15.3. The number of aromatic nitrogens is 2. The highest BCUT2D eigenvalue weighted by Gasteiger charge is 2.11. The van der Waals surface area contributed by atoms with Gasteiger partial charge in [0, 0.05) is 30.5 Å². The van der Waals surface area contributed by atoms with Crippen LogP contribution < -0.4 is 14.8 Å². The van der Waals surface area contributed by atoms with Gasteiger partial charge in [-0.1, -0.05) is 23.4 Å². The number of rotatable bonds is 8. The number of para-hydroxylation sites is 1. The van der Waals surface area contributed by atoms with Gasteiger partial charge < -0.3 is 19.3 Å². The molecular formula is C20H21N3O4. The maximum absolute atomic E-state index is 12.1. The van der Waals surface area contributed by atoms with Crippen LogP contribution in [0.5, 0.6) is 11.5 Å². The molecule has 0 saturated carbocycles. The highest BCUT2D eigenvalue weighted by Crippen LogP contribution is 2.20. The zero-order chi connectivity index (χ0) is 19.1. The van der Waals surface area contributed by atoms with Crippen molar-refractivity contribution in [1.29, 1.82) is 0 Å². The summed E-state index contributed by atoms with van der Waals surface area (Å²) in [5, 5.41) is 6.83. The summed E-state index contributed by atoms with van der Waals surface area (Å²) in [6, 6.07) is 14.9. The van der Waals surface area contributed by atoms with Crippen LogP contribution in [0.3, 0.4) is 0 Å². The molecule has 3 aromatic rings. The van der Waals surface area contributed by atoms with E-state index in [1.807, 2.05) is 48.5 Å². The topological polar surface area (TPSA) is 86.5 Å². The van der Waals surface area contributed by atoms with Crippen molar-refractivity contribution >= 4 is 5.91 Å². The van der Waals surface area contributed by atoms with Gasteiger partial charge in [-0.05, 0) is 30.3 Å². The SMILES string of the molecule is COc1ccc(-c2noc(CCC(=O)NCc3ccccc3OC)n2)cc1. The third kappa shape index (κ3) is 4.84. The number of aryl methyl sites for hydroxylation is 1. The zero-order valence-electron chi connectivity index (χ0n) is 15.3. The molecule has 2 aromatic carbocycles. The van der Waals surface area contributed by atoms with Crippen molar-refractivity contribution in [3.8, 4) is 22.9 Å². The summed E-state index contributed by atoms with van der Waals surface area (Å²) >= 11 is 0. The number of hydrogen-bond donors (Lipinski definition) is 1. The van der Waals surface area contributed by atoms with Gasteiger partial charge in [0.1, 0.15) is 11.5 Å². The van der Waals surface area contributed by atoms with Gasteiger partial charge in [0.05, 0.1) is 14.2 Å². The number of hydrogen-bond acceptors (Lipinski definition) is 6. The lowest BCUT2D eigenvalue weighted by Gasteiger charge is -2.09. The van der Waals surface area contributed by atoms with Gasteiger partial charge in [-0.25, -0.2) is 0 Å². The molecule has 1 heterocycles. The first-order chi connectivity index (χ1) is 13.2. The fourth-order valence-electron chi connectivity index (χ4n) is 2.57. The molecular weight excluding hydrogens is 346 g/mol. The van der Waals surface area contributed by atoms with Gasteiger partial charge in [-0.2, -0.15) is 4.98 Å². The summed E-state index contributed by atoms with van der Waals surface area (Å²) < 4.78 is 15.6. The first kappa shape index (κ1) is 18.4. The fraction of sp³-hybridized carbons (Fsp3) is 0.250. The van der Waals surface area contributed by atoms with E-state index >= 15 is 0 Å². The van der Waals surface area contributed by atoms with Crippen molar-refractivity contribution in [3.05, 3.63) is 60.0 Å². The Morgan fingerprint density at radius 2 is 1.85 bits per heavy atom. The van der Waals surface area contributed by atoms with Gasteiger partial charge in [0.25, 0.3) is 0 Å². The lowest BCUT2D eigenvalue weighted by atomic mass is 10.2. The second-order valence-electron chi connectivity index (χ2n) is 5.83. The van der Waals surface area contributed by atoms with E-state index in [4.69, 9.17) is 14.0 Å². The Hall–Kier alpha value is -3.35. The van der Waals surface area contributed by atoms with Crippen LogP contribution in [0.15, 0.2) is 53.1 Å². The Bertz CT molecular complexity index is 890. The standard InChI is InChI=1S/C20H21N3O4/c1-25-16-9-7-14(8-10-16)20-22-19(27-23-20)12-11-18(24)21-13-15-5-3-4-6-17(15)26-2/h3-10H,11-13H2,1-2H3,(H,21,24). The molecule has 7 heteroatoms. The van der Waals surface area contributed by atoms with Gasteiger partial charge in [-0.15, -0.1) is 0 Å². The van der Waals surface area contributed by atoms with Crippen LogP contribution in [0.1, 0.15) is 17.9 Å². The number of carbonyl (C=O) groups is 1. The molecule has 1 aromatic heterocycles. The molecule has 0 radical (unpaired) electrons. The number of ether oxygens (including phenoxy) is 2. The molecule has 0 atom stereocenters. The van der Waals surface area contributed by atoms with E-state index in [0.29, 0.717) is 24.7 Å². The number of benzene rings is 2. The Kier molecular flexibility index (Phi) is 6.04. The minimum absolute atomic E-state index is 0.0925. The molecule has 7 nitrogen and oxygen atoms in total. The molecule has 3 rings (SSSR count). The maximum atomic E-state index is 12.1. The Balaban J connectivity index is 1.51. The third-order valence-electron chi connectivity index (χ3n) is 4.05. The summed E-state index contributed by atoms with van der Waals surface area (Å²) in [6.07, 6.45) is 0.639. The molecule has 27 heavy (non-hydrogen) atoms. The molecule has 140 valence electrons. The molecule has 1 amide bonds. The van der Waals surface area contributed by atoms with Crippen molar-refractivity contribution < 1.29 is 18.8 Å². The number of nitrogens with zero attached hydrogens (tertiary/aromatic N) is 2. The van der Waals surface area contributed by atoms with Crippen molar-refractivity contribution in [3.63, 3.8) is 0 Å². The fourth-order valence-corrected chi connectivity index (χ4v) is 2.57. The third-order valence-corrected chi connectivity index (χ3v) is 4.05. The van der Waals surface area contributed by atoms with Crippen LogP contribution in [0.4, 0.5) is 0 Å². The number of amides is 1. The van der Waals surface area contributed by atoms with Crippen LogP contribution in [0, 0.1) is 0 Å². The van der Waals surface area contributed by atoms with Crippen molar-refractivity contribution in [2.24, 2.45) is 0 Å². The first-order valence-corrected chi connectivity index (χ1v) is 8.55. The molecule has 0 saturated heterocycles. The molecule has 1 N–H and O–H groups in total. The molecule has 0 aliphatic rings. The minimum atomic E-state index is -0.0925. The maximum Gasteiger partial charge on any atom is 0.227 e. The molecule has 0 unspecified atom stereocenters. The number of nitrogens with one attached hydrogen (secondary N) is 1. The highest BCUT2D eigenvalue weighted by molar-refractivity contribution is 5.76. The average molecular weight is 367 g/mol. The molecule has 0 aliphatic carbocycles. The summed E-state index contributed by atoms with van der Waals surface area (Å²) in [5.74, 6) is 2.33. The normalized spacial score (nSPS) is 10.4. The Labute approximate surface area is 157 Å². The van der Waals surface area contributed by atoms with Crippen molar-refractivity contribution in [2.45, 2.75) is 19.4 Å². The van der Waals surface area contributed by atoms with E-state index in [1.54, 1.807) is 14.2 Å². The van der Waals surface area contributed by atoms with Crippen molar-refractivity contribution in [2.75, 3.05) is 14.2 Å². The van der Waals surface area contributed by atoms with E-state index in [1.165, 1.54) is 0 Å².